The Morgan fingerprint density at radius 1 is 1.19 bits per heavy atom. The Morgan fingerprint density at radius 2 is 1.86 bits per heavy atom. The van der Waals surface area contributed by atoms with E-state index in [0.29, 0.717) is 11.1 Å². The topological polar surface area (TPSA) is 65.2 Å². The lowest BCUT2D eigenvalue weighted by Crippen LogP contribution is -2.57. The first-order valence-electron chi connectivity index (χ1n) is 7.23. The highest BCUT2D eigenvalue weighted by molar-refractivity contribution is 6.06. The van der Waals surface area contributed by atoms with Crippen molar-refractivity contribution in [2.75, 3.05) is 13.1 Å². The van der Waals surface area contributed by atoms with Crippen molar-refractivity contribution in [2.24, 2.45) is 0 Å². The Hall–Kier alpha value is -2.14. The summed E-state index contributed by atoms with van der Waals surface area (Å²) in [5.74, 6) is -0.0706. The van der Waals surface area contributed by atoms with Gasteiger partial charge >= 0.3 is 0 Å². The van der Waals surface area contributed by atoms with Gasteiger partial charge in [0.15, 0.2) is 0 Å². The standard InChI is InChI=1S/C16H19N3O2/c1-10-8-17-9-11(2)19(10)16(21)13-7-15(20)18-14-6-4-3-5-12(13)14/h3-7,10-11,17H,8-9H2,1-2H3,(H,18,20). The second kappa shape index (κ2) is 5.33. The molecule has 3 rings (SSSR count). The fourth-order valence-electron chi connectivity index (χ4n) is 3.05. The normalized spacial score (nSPS) is 22.5. The fraction of sp³-hybridized carbons (Fsp3) is 0.375. The Labute approximate surface area is 123 Å². The van der Waals surface area contributed by atoms with Gasteiger partial charge in [0.2, 0.25) is 5.56 Å². The molecule has 2 unspecified atom stereocenters. The summed E-state index contributed by atoms with van der Waals surface area (Å²) in [4.78, 5) is 29.4. The van der Waals surface area contributed by atoms with Crippen LogP contribution in [0.1, 0.15) is 24.2 Å². The first kappa shape index (κ1) is 13.8. The van der Waals surface area contributed by atoms with E-state index >= 15 is 0 Å². The van der Waals surface area contributed by atoms with Gasteiger partial charge in [0.05, 0.1) is 5.56 Å². The van der Waals surface area contributed by atoms with Crippen LogP contribution in [0, 0.1) is 0 Å². The number of carbonyl (C=O) groups excluding carboxylic acids is 1. The molecule has 1 aromatic heterocycles. The van der Waals surface area contributed by atoms with Crippen molar-refractivity contribution in [3.05, 3.63) is 46.2 Å². The Bertz CT molecular complexity index is 728. The third-order valence-corrected chi connectivity index (χ3v) is 4.04. The number of pyridine rings is 1. The molecule has 1 aliphatic heterocycles. The zero-order chi connectivity index (χ0) is 15.0. The van der Waals surface area contributed by atoms with E-state index < -0.39 is 0 Å². The van der Waals surface area contributed by atoms with Gasteiger partial charge in [0.25, 0.3) is 5.91 Å². The lowest BCUT2D eigenvalue weighted by atomic mass is 10.0. The SMILES string of the molecule is CC1CNCC(C)N1C(=O)c1cc(=O)[nH]c2ccccc12. The number of para-hydroxylation sites is 1. The maximum absolute atomic E-state index is 12.9. The number of hydrogen-bond donors (Lipinski definition) is 2. The van der Waals surface area contributed by atoms with Crippen LogP contribution in [0.5, 0.6) is 0 Å². The van der Waals surface area contributed by atoms with E-state index in [4.69, 9.17) is 0 Å². The number of benzene rings is 1. The minimum Gasteiger partial charge on any atom is -0.331 e. The smallest absolute Gasteiger partial charge is 0.255 e. The molecule has 0 spiro atoms. The summed E-state index contributed by atoms with van der Waals surface area (Å²) < 4.78 is 0. The Balaban J connectivity index is 2.11. The van der Waals surface area contributed by atoms with Crippen LogP contribution in [0.4, 0.5) is 0 Å². The monoisotopic (exact) mass is 285 g/mol. The van der Waals surface area contributed by atoms with Crippen LogP contribution in [0.3, 0.4) is 0 Å². The van der Waals surface area contributed by atoms with Gasteiger partial charge in [0.1, 0.15) is 0 Å². The van der Waals surface area contributed by atoms with Gasteiger partial charge in [0, 0.05) is 42.1 Å². The average molecular weight is 285 g/mol. The van der Waals surface area contributed by atoms with Gasteiger partial charge in [-0.05, 0) is 19.9 Å². The van der Waals surface area contributed by atoms with Crippen LogP contribution in [0.25, 0.3) is 10.9 Å². The minimum absolute atomic E-state index is 0.0706. The molecule has 2 N–H and O–H groups in total. The predicted octanol–water partition coefficient (Wildman–Crippen LogP) is 1.35. The van der Waals surface area contributed by atoms with Crippen molar-refractivity contribution in [3.8, 4) is 0 Å². The molecule has 1 amide bonds. The van der Waals surface area contributed by atoms with Crippen molar-refractivity contribution in [3.63, 3.8) is 0 Å². The van der Waals surface area contributed by atoms with Crippen molar-refractivity contribution < 1.29 is 4.79 Å². The largest absolute Gasteiger partial charge is 0.331 e. The van der Waals surface area contributed by atoms with E-state index in [1.54, 1.807) is 0 Å². The van der Waals surface area contributed by atoms with Gasteiger partial charge in [-0.1, -0.05) is 18.2 Å². The molecule has 1 aromatic carbocycles. The van der Waals surface area contributed by atoms with Crippen LogP contribution in [0.2, 0.25) is 0 Å². The van der Waals surface area contributed by atoms with E-state index in [2.05, 4.69) is 10.3 Å². The number of piperazine rings is 1. The first-order chi connectivity index (χ1) is 10.1. The number of rotatable bonds is 1. The van der Waals surface area contributed by atoms with Gasteiger partial charge in [-0.25, -0.2) is 0 Å². The summed E-state index contributed by atoms with van der Waals surface area (Å²) in [6, 6.07) is 9.05. The molecule has 2 aromatic rings. The number of carbonyl (C=O) groups is 1. The molecule has 2 heterocycles. The molecule has 2 atom stereocenters. The number of amides is 1. The quantitative estimate of drug-likeness (QED) is 0.831. The number of hydrogen-bond acceptors (Lipinski definition) is 3. The molecule has 5 heteroatoms. The molecule has 21 heavy (non-hydrogen) atoms. The van der Waals surface area contributed by atoms with Crippen molar-refractivity contribution in [2.45, 2.75) is 25.9 Å². The lowest BCUT2D eigenvalue weighted by Gasteiger charge is -2.39. The molecular formula is C16H19N3O2. The lowest BCUT2D eigenvalue weighted by molar-refractivity contribution is 0.0546. The van der Waals surface area contributed by atoms with Crippen LogP contribution in [0.15, 0.2) is 35.1 Å². The second-order valence-corrected chi connectivity index (χ2v) is 5.66. The Kier molecular flexibility index (Phi) is 3.51. The summed E-state index contributed by atoms with van der Waals surface area (Å²) in [6.45, 7) is 5.60. The maximum Gasteiger partial charge on any atom is 0.255 e. The van der Waals surface area contributed by atoms with Crippen molar-refractivity contribution >= 4 is 16.8 Å². The third kappa shape index (κ3) is 2.45. The fourth-order valence-corrected chi connectivity index (χ4v) is 3.05. The minimum atomic E-state index is -0.243. The number of fused-ring (bicyclic) bond motifs is 1. The van der Waals surface area contributed by atoms with Crippen LogP contribution in [-0.2, 0) is 0 Å². The second-order valence-electron chi connectivity index (χ2n) is 5.66. The highest BCUT2D eigenvalue weighted by Gasteiger charge is 2.30. The molecule has 5 nitrogen and oxygen atoms in total. The summed E-state index contributed by atoms with van der Waals surface area (Å²) >= 11 is 0. The summed E-state index contributed by atoms with van der Waals surface area (Å²) in [5, 5.41) is 4.10. The molecule has 0 bridgehead atoms. The molecule has 1 fully saturated rings. The van der Waals surface area contributed by atoms with Gasteiger partial charge in [-0.3, -0.25) is 9.59 Å². The summed E-state index contributed by atoms with van der Waals surface area (Å²) in [6.07, 6.45) is 0. The average Bonchev–Trinajstić information content (AvgIpc) is 2.46. The molecule has 0 radical (unpaired) electrons. The van der Waals surface area contributed by atoms with E-state index in [-0.39, 0.29) is 23.6 Å². The number of H-pyrrole nitrogens is 1. The molecule has 0 aliphatic carbocycles. The van der Waals surface area contributed by atoms with Gasteiger partial charge < -0.3 is 15.2 Å². The van der Waals surface area contributed by atoms with E-state index in [9.17, 15) is 9.59 Å². The first-order valence-corrected chi connectivity index (χ1v) is 7.23. The summed E-state index contributed by atoms with van der Waals surface area (Å²) in [7, 11) is 0. The van der Waals surface area contributed by atoms with E-state index in [1.165, 1.54) is 6.07 Å². The highest BCUT2D eigenvalue weighted by Crippen LogP contribution is 2.20. The van der Waals surface area contributed by atoms with Crippen molar-refractivity contribution in [1.29, 1.82) is 0 Å². The van der Waals surface area contributed by atoms with Crippen molar-refractivity contribution in [1.82, 2.24) is 15.2 Å². The van der Waals surface area contributed by atoms with Crippen LogP contribution < -0.4 is 10.9 Å². The predicted molar refractivity (Wildman–Crippen MR) is 82.5 cm³/mol. The molecular weight excluding hydrogens is 266 g/mol. The molecule has 0 saturated carbocycles. The zero-order valence-corrected chi connectivity index (χ0v) is 12.2. The number of aromatic amines is 1. The van der Waals surface area contributed by atoms with Gasteiger partial charge in [-0.15, -0.1) is 0 Å². The molecule has 1 saturated heterocycles. The highest BCUT2D eigenvalue weighted by atomic mass is 16.2. The molecule has 110 valence electrons. The van der Waals surface area contributed by atoms with Crippen LogP contribution >= 0.6 is 0 Å². The zero-order valence-electron chi connectivity index (χ0n) is 12.2. The van der Waals surface area contributed by atoms with Gasteiger partial charge in [-0.2, -0.15) is 0 Å². The third-order valence-electron chi connectivity index (χ3n) is 4.04. The van der Waals surface area contributed by atoms with E-state index in [0.717, 1.165) is 18.5 Å². The number of nitrogens with one attached hydrogen (secondary N) is 2. The number of aromatic nitrogens is 1. The maximum atomic E-state index is 12.9. The summed E-state index contributed by atoms with van der Waals surface area (Å²) in [5.41, 5.74) is 0.936. The van der Waals surface area contributed by atoms with E-state index in [1.807, 2.05) is 43.0 Å². The Morgan fingerprint density at radius 3 is 2.57 bits per heavy atom. The number of nitrogens with zero attached hydrogens (tertiary/aromatic N) is 1. The van der Waals surface area contributed by atoms with Crippen LogP contribution in [-0.4, -0.2) is 41.0 Å². The molecule has 1 aliphatic rings.